The number of nitrogens with zero attached hydrogens (tertiary/aromatic N) is 2. The van der Waals surface area contributed by atoms with Gasteiger partial charge < -0.3 is 56.5 Å². The molecule has 0 saturated heterocycles. The van der Waals surface area contributed by atoms with Crippen LogP contribution in [0.1, 0.15) is 156 Å². The number of carbonyl (C=O) groups is 5. The summed E-state index contributed by atoms with van der Waals surface area (Å²) in [5, 5.41) is 37.9. The molecule has 0 aliphatic rings. The highest BCUT2D eigenvalue weighted by atomic mass is 16.5. The molecule has 0 aromatic rings. The molecular weight excluding hydrogens is 827 g/mol. The molecule has 0 aromatic carbocycles. The third kappa shape index (κ3) is 37.6. The maximum Gasteiger partial charge on any atom is 0.326 e. The monoisotopic (exact) mass is 914 g/mol. The predicted octanol–water partition coefficient (Wildman–Crippen LogP) is 5.10. The summed E-state index contributed by atoms with van der Waals surface area (Å²) in [7, 11) is 2.00. The van der Waals surface area contributed by atoms with Gasteiger partial charge in [-0.05, 0) is 51.0 Å². The van der Waals surface area contributed by atoms with Crippen LogP contribution >= 0.6 is 0 Å². The number of unbranched alkanes of at least 4 members (excludes halogenated alkanes) is 13. The molecule has 0 heterocycles. The van der Waals surface area contributed by atoms with Crippen molar-refractivity contribution >= 4 is 35.4 Å². The van der Waals surface area contributed by atoms with Gasteiger partial charge in [-0.1, -0.05) is 103 Å². The minimum absolute atomic E-state index is 0.0184. The zero-order chi connectivity index (χ0) is 47.5. The number of aliphatic carboxylic acids is 1. The van der Waals surface area contributed by atoms with Crippen LogP contribution < -0.4 is 32.4 Å². The van der Waals surface area contributed by atoms with Crippen molar-refractivity contribution in [2.45, 2.75) is 168 Å². The molecule has 9 N–H and O–H groups in total. The summed E-state index contributed by atoms with van der Waals surface area (Å²) in [5.74, 6) is 2.89. The second-order valence-corrected chi connectivity index (χ2v) is 16.8. The van der Waals surface area contributed by atoms with E-state index < -0.39 is 12.0 Å². The first-order valence-electron chi connectivity index (χ1n) is 23.8. The van der Waals surface area contributed by atoms with Crippen molar-refractivity contribution < 1.29 is 48.0 Å². The van der Waals surface area contributed by atoms with Crippen molar-refractivity contribution in [3.63, 3.8) is 0 Å². The van der Waals surface area contributed by atoms with Crippen LogP contribution in [0, 0.1) is 10.8 Å². The summed E-state index contributed by atoms with van der Waals surface area (Å²) in [6.07, 6.45) is 19.2. The minimum atomic E-state index is -1.18. The molecular formula is C45H87N9O10. The highest BCUT2D eigenvalue weighted by Crippen LogP contribution is 2.27. The van der Waals surface area contributed by atoms with Crippen molar-refractivity contribution in [1.29, 1.82) is 5.41 Å². The van der Waals surface area contributed by atoms with Crippen LogP contribution in [0.2, 0.25) is 0 Å². The van der Waals surface area contributed by atoms with Gasteiger partial charge in [-0.25, -0.2) is 4.79 Å². The largest absolute Gasteiger partial charge is 0.480 e. The summed E-state index contributed by atoms with van der Waals surface area (Å²) in [6, 6.07) is -0.685. The number of amides is 4. The number of carboxylic acid groups (broad SMARTS) is 1. The van der Waals surface area contributed by atoms with E-state index >= 15 is 0 Å². The lowest BCUT2D eigenvalue weighted by Crippen LogP contribution is -2.41. The number of nitrogens with one attached hydrogen (secondary N) is 6. The van der Waals surface area contributed by atoms with Crippen LogP contribution in [0.5, 0.6) is 0 Å². The second-order valence-electron chi connectivity index (χ2n) is 16.8. The number of nitrogens with two attached hydrogens (primary N) is 1. The topological polar surface area (TPSA) is 277 Å². The van der Waals surface area contributed by atoms with Gasteiger partial charge in [-0.15, -0.1) is 5.11 Å². The molecule has 2 atom stereocenters. The average Bonchev–Trinajstić information content (AvgIpc) is 3.26. The number of ether oxygens (including phenoxy) is 4. The van der Waals surface area contributed by atoms with Gasteiger partial charge in [0.1, 0.15) is 25.1 Å². The first-order chi connectivity index (χ1) is 30.9. The number of hydrogen-bond acceptors (Lipinski definition) is 12. The molecule has 19 heteroatoms. The van der Waals surface area contributed by atoms with E-state index in [1.807, 2.05) is 7.05 Å². The van der Waals surface area contributed by atoms with Gasteiger partial charge in [0.15, 0.2) is 0 Å². The normalized spacial score (nSPS) is 12.5. The van der Waals surface area contributed by atoms with Crippen molar-refractivity contribution in [3.8, 4) is 0 Å². The minimum Gasteiger partial charge on any atom is -0.480 e. The van der Waals surface area contributed by atoms with E-state index in [0.717, 1.165) is 57.8 Å². The molecule has 0 aromatic heterocycles. The van der Waals surface area contributed by atoms with Crippen LogP contribution in [0.3, 0.4) is 0 Å². The Morgan fingerprint density at radius 1 is 0.594 bits per heavy atom. The SMILES string of the molecule is CCC(C)(C)[C@H](CCCCNC(=O)COCCOCCNC(=O)COCCOCCNC(=O)CCC(NC(=O)CCCCCCCCCCCCCCCC(=N)N=NN)C(=O)O)NC. The number of carbonyl (C=O) groups excluding carboxylic acids is 4. The molecule has 0 fully saturated rings. The summed E-state index contributed by atoms with van der Waals surface area (Å²) in [5.41, 5.74) is 0.239. The smallest absolute Gasteiger partial charge is 0.326 e. The third-order valence-corrected chi connectivity index (χ3v) is 11.1. The zero-order valence-electron chi connectivity index (χ0n) is 39.9. The van der Waals surface area contributed by atoms with Crippen LogP contribution in [-0.4, -0.2) is 132 Å². The van der Waals surface area contributed by atoms with Crippen molar-refractivity contribution in [2.24, 2.45) is 21.6 Å². The number of amidine groups is 1. The Bertz CT molecular complexity index is 1280. The molecule has 1 unspecified atom stereocenters. The van der Waals surface area contributed by atoms with Gasteiger partial charge in [0.05, 0.1) is 39.6 Å². The predicted molar refractivity (Wildman–Crippen MR) is 248 cm³/mol. The lowest BCUT2D eigenvalue weighted by molar-refractivity contribution is -0.142. The van der Waals surface area contributed by atoms with Crippen molar-refractivity contribution in [1.82, 2.24) is 26.6 Å². The molecule has 64 heavy (non-hydrogen) atoms. The molecule has 19 nitrogen and oxygen atoms in total. The first kappa shape index (κ1) is 60.2. The van der Waals surface area contributed by atoms with Gasteiger partial charge >= 0.3 is 5.97 Å². The van der Waals surface area contributed by atoms with E-state index in [1.54, 1.807) is 0 Å². The van der Waals surface area contributed by atoms with Crippen molar-refractivity contribution in [2.75, 3.05) is 79.5 Å². The van der Waals surface area contributed by atoms with Crippen molar-refractivity contribution in [3.05, 3.63) is 0 Å². The number of rotatable bonds is 45. The van der Waals surface area contributed by atoms with E-state index in [0.29, 0.717) is 38.6 Å². The van der Waals surface area contributed by atoms with E-state index in [1.165, 1.54) is 44.9 Å². The van der Waals surface area contributed by atoms with E-state index in [-0.39, 0.29) is 107 Å². The fraction of sp³-hybridized carbons (Fsp3) is 0.867. The Kier molecular flexibility index (Phi) is 39.4. The maximum absolute atomic E-state index is 12.4. The maximum atomic E-state index is 12.4. The Morgan fingerprint density at radius 2 is 1.06 bits per heavy atom. The van der Waals surface area contributed by atoms with Crippen LogP contribution in [0.25, 0.3) is 0 Å². The molecule has 0 aliphatic carbocycles. The molecule has 4 amide bonds. The standard InChI is InChI=1S/C45H87N9O10/c1-5-45(2,3)38(48-4)21-19-20-26-49-42(57)35-63-33-32-62-30-28-51-43(58)36-64-34-31-61-29-27-50-40(55)25-24-37(44(59)60)52-41(56)23-18-16-14-12-10-8-6-7-9-11-13-15-17-22-39(46)53-54-47/h37-38,48H,5-36H2,1-4H3,(H,49,57)(H,50,55)(H,51,58)(H,52,56)(H,59,60)(H3,46,47,53)/t37?,38-/m0/s1. The fourth-order valence-corrected chi connectivity index (χ4v) is 6.80. The lowest BCUT2D eigenvalue weighted by Gasteiger charge is -2.33. The quantitative estimate of drug-likeness (QED) is 0.00990. The zero-order valence-corrected chi connectivity index (χ0v) is 39.9. The average molecular weight is 914 g/mol. The highest BCUT2D eigenvalue weighted by Gasteiger charge is 2.25. The van der Waals surface area contributed by atoms with E-state index in [9.17, 15) is 29.1 Å². The molecule has 372 valence electrons. The van der Waals surface area contributed by atoms with Gasteiger partial charge in [-0.3, -0.25) is 24.6 Å². The van der Waals surface area contributed by atoms with Gasteiger partial charge in [0.25, 0.3) is 0 Å². The second kappa shape index (κ2) is 41.9. The van der Waals surface area contributed by atoms with Crippen LogP contribution in [0.4, 0.5) is 0 Å². The van der Waals surface area contributed by atoms with Gasteiger partial charge in [0, 0.05) is 44.9 Å². The highest BCUT2D eigenvalue weighted by molar-refractivity contribution is 5.84. The summed E-state index contributed by atoms with van der Waals surface area (Å²) < 4.78 is 21.5. The molecule has 0 saturated carbocycles. The Hall–Kier alpha value is -3.78. The molecule has 0 rings (SSSR count). The fourth-order valence-electron chi connectivity index (χ4n) is 6.80. The Labute approximate surface area is 383 Å². The lowest BCUT2D eigenvalue weighted by atomic mass is 9.79. The van der Waals surface area contributed by atoms with Gasteiger partial charge in [-0.2, -0.15) is 0 Å². The summed E-state index contributed by atoms with van der Waals surface area (Å²) >= 11 is 0. The van der Waals surface area contributed by atoms with Gasteiger partial charge in [0.2, 0.25) is 23.6 Å². The van der Waals surface area contributed by atoms with E-state index in [4.69, 9.17) is 30.2 Å². The third-order valence-electron chi connectivity index (χ3n) is 11.1. The molecule has 0 radical (unpaired) electrons. The summed E-state index contributed by atoms with van der Waals surface area (Å²) in [6.45, 7) is 9.18. The Morgan fingerprint density at radius 3 is 1.55 bits per heavy atom. The Balaban J connectivity index is 3.68. The molecule has 0 spiro atoms. The molecule has 0 bridgehead atoms. The number of carboxylic acids is 1. The molecule has 0 aliphatic heterocycles. The van der Waals surface area contributed by atoms with Crippen LogP contribution in [-0.2, 0) is 42.9 Å². The first-order valence-corrected chi connectivity index (χ1v) is 23.8. The van der Waals surface area contributed by atoms with Crippen LogP contribution in [0.15, 0.2) is 10.3 Å². The van der Waals surface area contributed by atoms with E-state index in [2.05, 4.69) is 57.7 Å². The summed E-state index contributed by atoms with van der Waals surface area (Å²) in [4.78, 5) is 60.2. The number of hydrogen-bond donors (Lipinski definition) is 8.